The van der Waals surface area contributed by atoms with Crippen LogP contribution in [0.3, 0.4) is 0 Å². The average molecular weight is 381 g/mol. The summed E-state index contributed by atoms with van der Waals surface area (Å²) < 4.78 is 0. The van der Waals surface area contributed by atoms with Gasteiger partial charge >= 0.3 is 6.03 Å². The Morgan fingerprint density at radius 3 is 2.59 bits per heavy atom. The number of nitrogens with zero attached hydrogens (tertiary/aromatic N) is 2. The number of rotatable bonds is 3. The molecule has 1 saturated heterocycles. The maximum absolute atomic E-state index is 13.0. The number of anilines is 1. The van der Waals surface area contributed by atoms with Crippen molar-refractivity contribution < 1.29 is 14.4 Å². The summed E-state index contributed by atoms with van der Waals surface area (Å²) in [4.78, 5) is 42.0. The van der Waals surface area contributed by atoms with Crippen molar-refractivity contribution in [1.29, 1.82) is 0 Å². The van der Waals surface area contributed by atoms with Crippen LogP contribution in [0.4, 0.5) is 10.5 Å². The Morgan fingerprint density at radius 1 is 1.11 bits per heavy atom. The molecule has 2 aromatic carbocycles. The minimum Gasteiger partial charge on any atom is -0.319 e. The van der Waals surface area contributed by atoms with Crippen LogP contribution in [0.25, 0.3) is 0 Å². The molecule has 2 aliphatic heterocycles. The summed E-state index contributed by atoms with van der Waals surface area (Å²) >= 11 is 1.70. The zero-order chi connectivity index (χ0) is 19.0. The fraction of sp³-hybridized carbons (Fsp3) is 0.250. The molecule has 0 radical (unpaired) electrons. The number of amides is 4. The number of imide groups is 1. The molecule has 0 aliphatic carbocycles. The number of carbonyl (C=O) groups excluding carboxylic acids is 3. The van der Waals surface area contributed by atoms with E-state index in [4.69, 9.17) is 0 Å². The van der Waals surface area contributed by atoms with Crippen molar-refractivity contribution >= 4 is 35.3 Å². The Morgan fingerprint density at radius 2 is 1.81 bits per heavy atom. The molecular formula is C20H19N3O3S. The Balaban J connectivity index is 1.56. The summed E-state index contributed by atoms with van der Waals surface area (Å²) in [6, 6.07) is 16.2. The fourth-order valence-corrected chi connectivity index (χ4v) is 4.45. The van der Waals surface area contributed by atoms with Crippen molar-refractivity contribution in [2.24, 2.45) is 0 Å². The van der Waals surface area contributed by atoms with Crippen LogP contribution in [0.5, 0.6) is 0 Å². The van der Waals surface area contributed by atoms with Gasteiger partial charge < -0.3 is 10.2 Å². The van der Waals surface area contributed by atoms with Crippen LogP contribution in [0, 0.1) is 0 Å². The van der Waals surface area contributed by atoms with Gasteiger partial charge in [-0.25, -0.2) is 4.79 Å². The van der Waals surface area contributed by atoms with Gasteiger partial charge in [0.25, 0.3) is 5.91 Å². The van der Waals surface area contributed by atoms with E-state index in [0.29, 0.717) is 12.1 Å². The van der Waals surface area contributed by atoms with Crippen LogP contribution in [0.15, 0.2) is 59.5 Å². The third kappa shape index (κ3) is 2.98. The highest BCUT2D eigenvalue weighted by Crippen LogP contribution is 2.35. The van der Waals surface area contributed by atoms with Gasteiger partial charge in [0.1, 0.15) is 12.1 Å². The molecule has 2 aromatic rings. The lowest BCUT2D eigenvalue weighted by atomic mass is 9.92. The van der Waals surface area contributed by atoms with Gasteiger partial charge in [0.05, 0.1) is 5.69 Å². The summed E-state index contributed by atoms with van der Waals surface area (Å²) in [7, 11) is 0. The first kappa shape index (κ1) is 17.6. The largest absolute Gasteiger partial charge is 0.325 e. The molecule has 6 nitrogen and oxygen atoms in total. The normalized spacial score (nSPS) is 21.8. The quantitative estimate of drug-likeness (QED) is 0.830. The predicted molar refractivity (Wildman–Crippen MR) is 104 cm³/mol. The zero-order valence-corrected chi connectivity index (χ0v) is 15.7. The molecule has 4 amide bonds. The summed E-state index contributed by atoms with van der Waals surface area (Å²) in [6.45, 7) is 1.95. The molecule has 0 bridgehead atoms. The number of nitrogens with one attached hydrogen (secondary N) is 1. The van der Waals surface area contributed by atoms with Gasteiger partial charge in [0.15, 0.2) is 0 Å². The molecule has 138 valence electrons. The number of urea groups is 1. The summed E-state index contributed by atoms with van der Waals surface area (Å²) in [6.07, 6.45) is 0. The minimum absolute atomic E-state index is 0.261. The topological polar surface area (TPSA) is 69.7 Å². The van der Waals surface area contributed by atoms with Gasteiger partial charge in [-0.05, 0) is 24.6 Å². The molecule has 4 rings (SSSR count). The van der Waals surface area contributed by atoms with Gasteiger partial charge in [-0.2, -0.15) is 0 Å². The predicted octanol–water partition coefficient (Wildman–Crippen LogP) is 2.59. The number of hydrogen-bond donors (Lipinski definition) is 1. The van der Waals surface area contributed by atoms with E-state index in [1.54, 1.807) is 35.7 Å². The lowest BCUT2D eigenvalue weighted by molar-refractivity contribution is -0.134. The minimum atomic E-state index is -1.16. The summed E-state index contributed by atoms with van der Waals surface area (Å²) in [5.41, 5.74) is 0.364. The Labute approximate surface area is 161 Å². The van der Waals surface area contributed by atoms with Gasteiger partial charge in [-0.15, -0.1) is 11.8 Å². The van der Waals surface area contributed by atoms with E-state index in [-0.39, 0.29) is 12.5 Å². The standard InChI is InChI=1S/C20H19N3O3S/c1-20(14-7-3-2-4-8-14)18(25)23(19(26)21-20)13-17(24)22-11-12-27-16-10-6-5-9-15(16)22/h2-10H,11-13H2,1H3,(H,21,26). The van der Waals surface area contributed by atoms with Crippen molar-refractivity contribution in [1.82, 2.24) is 10.2 Å². The van der Waals surface area contributed by atoms with Crippen molar-refractivity contribution in [2.75, 3.05) is 23.7 Å². The lowest BCUT2D eigenvalue weighted by Gasteiger charge is -2.30. The van der Waals surface area contributed by atoms with Gasteiger partial charge in [-0.1, -0.05) is 42.5 Å². The molecule has 1 fully saturated rings. The number of carbonyl (C=O) groups is 3. The Kier molecular flexibility index (Phi) is 4.39. The third-order valence-electron chi connectivity index (χ3n) is 4.95. The number of hydrogen-bond acceptors (Lipinski definition) is 4. The number of fused-ring (bicyclic) bond motifs is 1. The highest BCUT2D eigenvalue weighted by molar-refractivity contribution is 7.99. The molecule has 27 heavy (non-hydrogen) atoms. The van der Waals surface area contributed by atoms with Crippen molar-refractivity contribution in [3.63, 3.8) is 0 Å². The van der Waals surface area contributed by atoms with Crippen LogP contribution < -0.4 is 10.2 Å². The molecule has 2 aliphatic rings. The van der Waals surface area contributed by atoms with E-state index < -0.39 is 17.5 Å². The maximum atomic E-state index is 13.0. The second-order valence-electron chi connectivity index (χ2n) is 6.67. The number of benzene rings is 2. The van der Waals surface area contributed by atoms with Crippen LogP contribution >= 0.6 is 11.8 Å². The summed E-state index contributed by atoms with van der Waals surface area (Å²) in [5.74, 6) is 0.111. The van der Waals surface area contributed by atoms with Crippen molar-refractivity contribution in [3.05, 3.63) is 60.2 Å². The van der Waals surface area contributed by atoms with Crippen molar-refractivity contribution in [2.45, 2.75) is 17.4 Å². The van der Waals surface area contributed by atoms with E-state index >= 15 is 0 Å². The molecular weight excluding hydrogens is 362 g/mol. The molecule has 0 saturated carbocycles. The number of para-hydroxylation sites is 1. The summed E-state index contributed by atoms with van der Waals surface area (Å²) in [5, 5.41) is 2.74. The first-order chi connectivity index (χ1) is 13.0. The van der Waals surface area contributed by atoms with E-state index in [9.17, 15) is 14.4 Å². The van der Waals surface area contributed by atoms with Crippen LogP contribution in [-0.4, -0.2) is 41.6 Å². The Bertz CT molecular complexity index is 918. The highest BCUT2D eigenvalue weighted by atomic mass is 32.2. The van der Waals surface area contributed by atoms with E-state index in [1.807, 2.05) is 42.5 Å². The molecule has 1 unspecified atom stereocenters. The lowest BCUT2D eigenvalue weighted by Crippen LogP contribution is -2.46. The molecule has 1 N–H and O–H groups in total. The third-order valence-corrected chi connectivity index (χ3v) is 5.99. The van der Waals surface area contributed by atoms with Crippen LogP contribution in [-0.2, 0) is 15.1 Å². The van der Waals surface area contributed by atoms with Crippen molar-refractivity contribution in [3.8, 4) is 0 Å². The molecule has 2 heterocycles. The smallest absolute Gasteiger partial charge is 0.319 e. The molecule has 0 spiro atoms. The van der Waals surface area contributed by atoms with Gasteiger partial charge in [0, 0.05) is 17.2 Å². The number of thioether (sulfide) groups is 1. The second-order valence-corrected chi connectivity index (χ2v) is 7.81. The highest BCUT2D eigenvalue weighted by Gasteiger charge is 2.49. The van der Waals surface area contributed by atoms with Crippen LogP contribution in [0.1, 0.15) is 12.5 Å². The average Bonchev–Trinajstić information content (AvgIpc) is 2.92. The molecule has 0 aromatic heterocycles. The van der Waals surface area contributed by atoms with Gasteiger partial charge in [-0.3, -0.25) is 14.5 Å². The van der Waals surface area contributed by atoms with E-state index in [0.717, 1.165) is 21.2 Å². The SMILES string of the molecule is CC1(c2ccccc2)NC(=O)N(CC(=O)N2CCSc3ccccc32)C1=O. The van der Waals surface area contributed by atoms with E-state index in [1.165, 1.54) is 0 Å². The molecule has 7 heteroatoms. The first-order valence-corrected chi connectivity index (χ1v) is 9.71. The first-order valence-electron chi connectivity index (χ1n) is 8.72. The van der Waals surface area contributed by atoms with Gasteiger partial charge in [0.2, 0.25) is 5.91 Å². The van der Waals surface area contributed by atoms with E-state index in [2.05, 4.69) is 5.32 Å². The fourth-order valence-electron chi connectivity index (χ4n) is 3.46. The second kappa shape index (κ2) is 6.74. The maximum Gasteiger partial charge on any atom is 0.325 e. The zero-order valence-electron chi connectivity index (χ0n) is 14.8. The monoisotopic (exact) mass is 381 g/mol. The van der Waals surface area contributed by atoms with Crippen LogP contribution in [0.2, 0.25) is 0 Å². The Hall–Kier alpha value is -2.80. The molecule has 1 atom stereocenters.